The van der Waals surface area contributed by atoms with Crippen LogP contribution in [0.15, 0.2) is 36.5 Å². The first-order chi connectivity index (χ1) is 5.91. The first-order valence-corrected chi connectivity index (χ1v) is 4.69. The van der Waals surface area contributed by atoms with Gasteiger partial charge in [0.1, 0.15) is 0 Å². The average molecular weight is 163 g/mol. The second-order valence-electron chi connectivity index (χ2n) is 2.67. The lowest BCUT2D eigenvalue weighted by Crippen LogP contribution is -1.64. The Morgan fingerprint density at radius 2 is 1.67 bits per heavy atom. The molecule has 0 amide bonds. The Labute approximate surface area is 76.7 Å². The van der Waals surface area contributed by atoms with E-state index in [0.29, 0.717) is 0 Å². The van der Waals surface area contributed by atoms with Crippen molar-refractivity contribution in [1.82, 2.24) is 0 Å². The van der Waals surface area contributed by atoms with Crippen LogP contribution in [-0.2, 0) is 0 Å². The Morgan fingerprint density at radius 3 is 2.25 bits per heavy atom. The molecule has 0 heteroatoms. The molecule has 1 radical (unpaired) electrons. The lowest BCUT2D eigenvalue weighted by Gasteiger charge is -1.85. The smallest absolute Gasteiger partial charge is 0.0347 e. The maximum absolute atomic E-state index is 3.71. The van der Waals surface area contributed by atoms with Crippen LogP contribution in [0.3, 0.4) is 0 Å². The molecule has 0 bridgehead atoms. The van der Waals surface area contributed by atoms with Crippen molar-refractivity contribution in [2.75, 3.05) is 0 Å². The fourth-order valence-corrected chi connectivity index (χ4v) is 0.800. The normalized spacial score (nSPS) is 12.5. The molecule has 0 aromatic rings. The summed E-state index contributed by atoms with van der Waals surface area (Å²) in [7, 11) is 0. The molecular formula is C12H19. The maximum Gasteiger partial charge on any atom is -0.0347 e. The van der Waals surface area contributed by atoms with Gasteiger partial charge in [0.15, 0.2) is 0 Å². The zero-order valence-corrected chi connectivity index (χ0v) is 8.00. The highest BCUT2D eigenvalue weighted by atomic mass is 13.8. The fraction of sp³-hybridized carbons (Fsp3) is 0.417. The van der Waals surface area contributed by atoms with Gasteiger partial charge in [0, 0.05) is 0 Å². The maximum atomic E-state index is 3.71. The van der Waals surface area contributed by atoms with Crippen molar-refractivity contribution in [2.45, 2.75) is 32.6 Å². The molecule has 0 heterocycles. The van der Waals surface area contributed by atoms with Gasteiger partial charge in [-0.3, -0.25) is 0 Å². The van der Waals surface area contributed by atoms with E-state index >= 15 is 0 Å². The van der Waals surface area contributed by atoms with Gasteiger partial charge in [0.25, 0.3) is 0 Å². The van der Waals surface area contributed by atoms with E-state index in [2.05, 4.69) is 32.1 Å². The minimum Gasteiger partial charge on any atom is -0.0845 e. The summed E-state index contributed by atoms with van der Waals surface area (Å²) < 4.78 is 0. The first kappa shape index (κ1) is 11.2. The summed E-state index contributed by atoms with van der Waals surface area (Å²) in [5.41, 5.74) is 0. The highest BCUT2D eigenvalue weighted by molar-refractivity contribution is 5.10. The van der Waals surface area contributed by atoms with Crippen molar-refractivity contribution in [2.24, 2.45) is 0 Å². The molecule has 0 aliphatic carbocycles. The van der Waals surface area contributed by atoms with E-state index in [-0.39, 0.29) is 0 Å². The van der Waals surface area contributed by atoms with Gasteiger partial charge in [-0.25, -0.2) is 0 Å². The van der Waals surface area contributed by atoms with Crippen LogP contribution in [0.2, 0.25) is 0 Å². The Morgan fingerprint density at radius 1 is 1.00 bits per heavy atom. The summed E-state index contributed by atoms with van der Waals surface area (Å²) in [5.74, 6) is 0. The van der Waals surface area contributed by atoms with Crippen LogP contribution < -0.4 is 0 Å². The molecule has 0 aromatic heterocycles. The third-order valence-corrected chi connectivity index (χ3v) is 1.50. The summed E-state index contributed by atoms with van der Waals surface area (Å²) in [4.78, 5) is 0. The Hall–Kier alpha value is -0.780. The van der Waals surface area contributed by atoms with Crippen LogP contribution in [0.1, 0.15) is 32.6 Å². The van der Waals surface area contributed by atoms with Crippen molar-refractivity contribution < 1.29 is 0 Å². The molecule has 0 fully saturated rings. The molecule has 0 nitrogen and oxygen atoms in total. The molecule has 0 aliphatic heterocycles. The quantitative estimate of drug-likeness (QED) is 0.409. The van der Waals surface area contributed by atoms with E-state index in [4.69, 9.17) is 0 Å². The molecule has 0 rings (SSSR count). The number of rotatable bonds is 6. The average Bonchev–Trinajstić information content (AvgIpc) is 2.10. The van der Waals surface area contributed by atoms with Gasteiger partial charge >= 0.3 is 0 Å². The van der Waals surface area contributed by atoms with E-state index < -0.39 is 0 Å². The second-order valence-corrected chi connectivity index (χ2v) is 2.67. The molecule has 12 heavy (non-hydrogen) atoms. The molecule has 0 spiro atoms. The minimum atomic E-state index is 0.865. The Balaban J connectivity index is 3.32. The SMILES string of the molecule is [CH2]CC=CC=CC=CCCCC. The standard InChI is InChI=1S/C12H19/c1-3-5-7-9-11-12-10-8-6-4-2/h5,7,9-12H,1,3-4,6,8H2,2H3. The van der Waals surface area contributed by atoms with Gasteiger partial charge in [-0.15, -0.1) is 0 Å². The predicted molar refractivity (Wildman–Crippen MR) is 56.9 cm³/mol. The van der Waals surface area contributed by atoms with E-state index in [1.807, 2.05) is 18.2 Å². The van der Waals surface area contributed by atoms with Gasteiger partial charge in [0.2, 0.25) is 0 Å². The van der Waals surface area contributed by atoms with E-state index in [0.717, 1.165) is 6.42 Å². The number of hydrogen-bond acceptors (Lipinski definition) is 0. The largest absolute Gasteiger partial charge is 0.0845 e. The first-order valence-electron chi connectivity index (χ1n) is 4.69. The highest BCUT2D eigenvalue weighted by Gasteiger charge is 1.74. The lowest BCUT2D eigenvalue weighted by molar-refractivity contribution is 0.815. The Kier molecular flexibility index (Phi) is 9.56. The zero-order chi connectivity index (χ0) is 9.07. The minimum absolute atomic E-state index is 0.865. The molecule has 67 valence electrons. The van der Waals surface area contributed by atoms with Gasteiger partial charge in [-0.2, -0.15) is 0 Å². The number of hydrogen-bond donors (Lipinski definition) is 0. The fourth-order valence-electron chi connectivity index (χ4n) is 0.800. The van der Waals surface area contributed by atoms with E-state index in [1.165, 1.54) is 19.3 Å². The van der Waals surface area contributed by atoms with Crippen molar-refractivity contribution >= 4 is 0 Å². The second kappa shape index (κ2) is 10.2. The summed E-state index contributed by atoms with van der Waals surface area (Å²) in [6, 6.07) is 0. The summed E-state index contributed by atoms with van der Waals surface area (Å²) >= 11 is 0. The van der Waals surface area contributed by atoms with E-state index in [1.54, 1.807) is 0 Å². The van der Waals surface area contributed by atoms with Crippen LogP contribution in [0.4, 0.5) is 0 Å². The highest BCUT2D eigenvalue weighted by Crippen LogP contribution is 1.94. The predicted octanol–water partition coefficient (Wildman–Crippen LogP) is 4.07. The van der Waals surface area contributed by atoms with E-state index in [9.17, 15) is 0 Å². The molecular weight excluding hydrogens is 144 g/mol. The third kappa shape index (κ3) is 9.22. The summed E-state index contributed by atoms with van der Waals surface area (Å²) in [5, 5.41) is 0. The monoisotopic (exact) mass is 163 g/mol. The van der Waals surface area contributed by atoms with Gasteiger partial charge in [-0.05, 0) is 19.8 Å². The summed E-state index contributed by atoms with van der Waals surface area (Å²) in [6.45, 7) is 5.91. The molecule has 0 unspecified atom stereocenters. The number of unbranched alkanes of at least 4 members (excludes halogenated alkanes) is 2. The molecule has 0 atom stereocenters. The Bertz CT molecular complexity index is 149. The van der Waals surface area contributed by atoms with Crippen LogP contribution in [-0.4, -0.2) is 0 Å². The topological polar surface area (TPSA) is 0 Å². The summed E-state index contributed by atoms with van der Waals surface area (Å²) in [6.07, 6.45) is 17.1. The lowest BCUT2D eigenvalue weighted by atomic mass is 10.2. The van der Waals surface area contributed by atoms with Gasteiger partial charge in [0.05, 0.1) is 0 Å². The molecule has 0 aromatic carbocycles. The molecule has 0 saturated carbocycles. The van der Waals surface area contributed by atoms with Crippen LogP contribution in [0.5, 0.6) is 0 Å². The number of allylic oxidation sites excluding steroid dienone is 6. The molecule has 0 aliphatic rings. The van der Waals surface area contributed by atoms with Crippen molar-refractivity contribution in [3.63, 3.8) is 0 Å². The third-order valence-electron chi connectivity index (χ3n) is 1.50. The van der Waals surface area contributed by atoms with Crippen molar-refractivity contribution in [3.05, 3.63) is 43.4 Å². The van der Waals surface area contributed by atoms with Crippen LogP contribution in [0.25, 0.3) is 0 Å². The van der Waals surface area contributed by atoms with Gasteiger partial charge in [-0.1, -0.05) is 56.2 Å². The van der Waals surface area contributed by atoms with Crippen molar-refractivity contribution in [3.8, 4) is 0 Å². The zero-order valence-electron chi connectivity index (χ0n) is 8.00. The van der Waals surface area contributed by atoms with Crippen LogP contribution in [0, 0.1) is 6.92 Å². The van der Waals surface area contributed by atoms with Gasteiger partial charge < -0.3 is 0 Å². The van der Waals surface area contributed by atoms with Crippen molar-refractivity contribution in [1.29, 1.82) is 0 Å². The molecule has 0 N–H and O–H groups in total. The van der Waals surface area contributed by atoms with Crippen LogP contribution >= 0.6 is 0 Å². The molecule has 0 saturated heterocycles.